The Bertz CT molecular complexity index is 976. The van der Waals surface area contributed by atoms with Crippen molar-refractivity contribution in [1.82, 2.24) is 4.90 Å². The zero-order valence-corrected chi connectivity index (χ0v) is 16.4. The summed E-state index contributed by atoms with van der Waals surface area (Å²) in [7, 11) is 0. The topological polar surface area (TPSA) is 48.7 Å². The normalized spacial score (nSPS) is 15.1. The maximum atomic E-state index is 12.4. The monoisotopic (exact) mass is 377 g/mol. The SMILES string of the molecule is CCCNc1cc2cccc(N3CCN(Cc4ccccc4)CC3)c2oc1=O. The highest BCUT2D eigenvalue weighted by Crippen LogP contribution is 2.28. The molecule has 5 heteroatoms. The van der Waals surface area contributed by atoms with Crippen LogP contribution < -0.4 is 15.8 Å². The van der Waals surface area contributed by atoms with Gasteiger partial charge in [0.15, 0.2) is 5.58 Å². The molecule has 2 aromatic carbocycles. The van der Waals surface area contributed by atoms with E-state index in [4.69, 9.17) is 4.42 Å². The summed E-state index contributed by atoms with van der Waals surface area (Å²) >= 11 is 0. The number of benzene rings is 2. The third kappa shape index (κ3) is 4.04. The Labute approximate surface area is 165 Å². The highest BCUT2D eigenvalue weighted by atomic mass is 16.4. The Balaban J connectivity index is 1.50. The molecule has 28 heavy (non-hydrogen) atoms. The fraction of sp³-hybridized carbons (Fsp3) is 0.348. The molecular weight excluding hydrogens is 350 g/mol. The van der Waals surface area contributed by atoms with Crippen molar-refractivity contribution in [2.24, 2.45) is 0 Å². The van der Waals surface area contributed by atoms with Gasteiger partial charge in [0.1, 0.15) is 5.69 Å². The molecule has 1 aliphatic rings. The standard InChI is InChI=1S/C23H27N3O2/c1-2-11-24-20-16-19-9-6-10-21(22(19)28-23(20)27)26-14-12-25(13-15-26)17-18-7-4-3-5-8-18/h3-10,16,24H,2,11-15,17H2,1H3. The van der Waals surface area contributed by atoms with Gasteiger partial charge in [-0.2, -0.15) is 0 Å². The molecule has 3 aromatic rings. The summed E-state index contributed by atoms with van der Waals surface area (Å²) in [4.78, 5) is 17.2. The van der Waals surface area contributed by atoms with Crippen LogP contribution in [0.4, 0.5) is 11.4 Å². The lowest BCUT2D eigenvalue weighted by atomic mass is 10.1. The van der Waals surface area contributed by atoms with Crippen LogP contribution in [0.15, 0.2) is 63.8 Å². The summed E-state index contributed by atoms with van der Waals surface area (Å²) in [6.07, 6.45) is 0.963. The number of hydrogen-bond acceptors (Lipinski definition) is 5. The number of nitrogens with zero attached hydrogens (tertiary/aromatic N) is 2. The second-order valence-corrected chi connectivity index (χ2v) is 7.32. The van der Waals surface area contributed by atoms with E-state index in [1.165, 1.54) is 5.56 Å². The van der Waals surface area contributed by atoms with Crippen LogP contribution in [0.5, 0.6) is 0 Å². The first-order chi connectivity index (χ1) is 13.7. The molecule has 4 rings (SSSR count). The number of anilines is 2. The van der Waals surface area contributed by atoms with Crippen LogP contribution in [0.2, 0.25) is 0 Å². The molecule has 1 N–H and O–H groups in total. The smallest absolute Gasteiger partial charge is 0.359 e. The minimum absolute atomic E-state index is 0.295. The predicted molar refractivity (Wildman–Crippen MR) is 115 cm³/mol. The van der Waals surface area contributed by atoms with Gasteiger partial charge in [0.25, 0.3) is 0 Å². The zero-order valence-electron chi connectivity index (χ0n) is 16.4. The molecule has 5 nitrogen and oxygen atoms in total. The van der Waals surface area contributed by atoms with Crippen LogP contribution in [0, 0.1) is 0 Å². The molecule has 0 unspecified atom stereocenters. The Morgan fingerprint density at radius 2 is 1.79 bits per heavy atom. The van der Waals surface area contributed by atoms with Crippen molar-refractivity contribution in [2.75, 3.05) is 42.9 Å². The van der Waals surface area contributed by atoms with Gasteiger partial charge >= 0.3 is 5.63 Å². The molecule has 0 saturated carbocycles. The maximum Gasteiger partial charge on any atom is 0.359 e. The average molecular weight is 377 g/mol. The van der Waals surface area contributed by atoms with Crippen molar-refractivity contribution in [3.8, 4) is 0 Å². The lowest BCUT2D eigenvalue weighted by molar-refractivity contribution is 0.250. The van der Waals surface area contributed by atoms with E-state index < -0.39 is 0 Å². The predicted octanol–water partition coefficient (Wildman–Crippen LogP) is 3.94. The molecule has 2 heterocycles. The van der Waals surface area contributed by atoms with Crippen LogP contribution >= 0.6 is 0 Å². The molecule has 0 spiro atoms. The Morgan fingerprint density at radius 1 is 1.00 bits per heavy atom. The third-order valence-corrected chi connectivity index (χ3v) is 5.27. The van der Waals surface area contributed by atoms with E-state index in [0.29, 0.717) is 11.3 Å². The van der Waals surface area contributed by atoms with Crippen molar-refractivity contribution in [3.05, 3.63) is 70.6 Å². The molecule has 0 bridgehead atoms. The van der Waals surface area contributed by atoms with Crippen LogP contribution in [0.25, 0.3) is 11.0 Å². The van der Waals surface area contributed by atoms with Crippen LogP contribution in [-0.2, 0) is 6.54 Å². The lowest BCUT2D eigenvalue weighted by Gasteiger charge is -2.36. The van der Waals surface area contributed by atoms with Crippen molar-refractivity contribution in [3.63, 3.8) is 0 Å². The quantitative estimate of drug-likeness (QED) is 0.660. The van der Waals surface area contributed by atoms with Gasteiger partial charge in [0.2, 0.25) is 0 Å². The van der Waals surface area contributed by atoms with Gasteiger partial charge in [0, 0.05) is 44.7 Å². The number of piperazine rings is 1. The number of fused-ring (bicyclic) bond motifs is 1. The summed E-state index contributed by atoms with van der Waals surface area (Å²) in [6, 6.07) is 18.6. The maximum absolute atomic E-state index is 12.4. The van der Waals surface area contributed by atoms with E-state index in [1.807, 2.05) is 18.2 Å². The summed E-state index contributed by atoms with van der Waals surface area (Å²) in [6.45, 7) is 7.64. The van der Waals surface area contributed by atoms with Gasteiger partial charge in [0.05, 0.1) is 5.69 Å². The highest BCUT2D eigenvalue weighted by molar-refractivity contribution is 5.90. The largest absolute Gasteiger partial charge is 0.419 e. The van der Waals surface area contributed by atoms with E-state index in [1.54, 1.807) is 0 Å². The van der Waals surface area contributed by atoms with E-state index in [0.717, 1.165) is 56.8 Å². The molecule has 0 aliphatic carbocycles. The van der Waals surface area contributed by atoms with E-state index in [-0.39, 0.29) is 5.63 Å². The summed E-state index contributed by atoms with van der Waals surface area (Å²) < 4.78 is 5.72. The van der Waals surface area contributed by atoms with Crippen LogP contribution in [0.1, 0.15) is 18.9 Å². The average Bonchev–Trinajstić information content (AvgIpc) is 2.73. The second-order valence-electron chi connectivity index (χ2n) is 7.32. The minimum atomic E-state index is -0.295. The Morgan fingerprint density at radius 3 is 2.54 bits per heavy atom. The van der Waals surface area contributed by atoms with Crippen LogP contribution in [0.3, 0.4) is 0 Å². The fourth-order valence-corrected chi connectivity index (χ4v) is 3.75. The second kappa shape index (κ2) is 8.48. The summed E-state index contributed by atoms with van der Waals surface area (Å²) in [5.74, 6) is 0. The number of nitrogens with one attached hydrogen (secondary N) is 1. The van der Waals surface area contributed by atoms with E-state index >= 15 is 0 Å². The van der Waals surface area contributed by atoms with Crippen molar-refractivity contribution < 1.29 is 4.42 Å². The number of hydrogen-bond donors (Lipinski definition) is 1. The molecule has 0 amide bonds. The zero-order chi connectivity index (χ0) is 19.3. The molecular formula is C23H27N3O2. The van der Waals surface area contributed by atoms with Crippen molar-refractivity contribution >= 4 is 22.3 Å². The minimum Gasteiger partial charge on any atom is -0.419 e. The van der Waals surface area contributed by atoms with Crippen molar-refractivity contribution in [2.45, 2.75) is 19.9 Å². The molecule has 1 fully saturated rings. The van der Waals surface area contributed by atoms with Gasteiger partial charge < -0.3 is 14.6 Å². The van der Waals surface area contributed by atoms with E-state index in [9.17, 15) is 4.79 Å². The molecule has 146 valence electrons. The molecule has 1 saturated heterocycles. The highest BCUT2D eigenvalue weighted by Gasteiger charge is 2.20. The van der Waals surface area contributed by atoms with Crippen molar-refractivity contribution in [1.29, 1.82) is 0 Å². The molecule has 0 radical (unpaired) electrons. The van der Waals surface area contributed by atoms with Gasteiger partial charge in [-0.15, -0.1) is 0 Å². The van der Waals surface area contributed by atoms with Gasteiger partial charge in [-0.25, -0.2) is 4.79 Å². The third-order valence-electron chi connectivity index (χ3n) is 5.27. The molecule has 0 atom stereocenters. The fourth-order valence-electron chi connectivity index (χ4n) is 3.75. The van der Waals surface area contributed by atoms with Gasteiger partial charge in [-0.3, -0.25) is 4.90 Å². The first-order valence-electron chi connectivity index (χ1n) is 10.1. The number of rotatable bonds is 6. The molecule has 1 aliphatic heterocycles. The van der Waals surface area contributed by atoms with E-state index in [2.05, 4.69) is 58.4 Å². The Kier molecular flexibility index (Phi) is 5.63. The number of para-hydroxylation sites is 1. The first-order valence-corrected chi connectivity index (χ1v) is 10.1. The summed E-state index contributed by atoms with van der Waals surface area (Å²) in [5.41, 5.74) is 3.29. The van der Waals surface area contributed by atoms with Crippen LogP contribution in [-0.4, -0.2) is 37.6 Å². The summed E-state index contributed by atoms with van der Waals surface area (Å²) in [5, 5.41) is 4.12. The lowest BCUT2D eigenvalue weighted by Crippen LogP contribution is -2.46. The van der Waals surface area contributed by atoms with Gasteiger partial charge in [-0.05, 0) is 24.1 Å². The first kappa shape index (κ1) is 18.6. The Hall–Kier alpha value is -2.79. The molecule has 1 aromatic heterocycles. The van der Waals surface area contributed by atoms with Gasteiger partial charge in [-0.1, -0.05) is 49.4 Å².